The van der Waals surface area contributed by atoms with E-state index in [0.29, 0.717) is 6.61 Å². The lowest BCUT2D eigenvalue weighted by atomic mass is 10.2. The summed E-state index contributed by atoms with van der Waals surface area (Å²) in [4.78, 5) is 17.1. The highest BCUT2D eigenvalue weighted by atomic mass is 16.5. The Morgan fingerprint density at radius 2 is 1.81 bits per heavy atom. The molecule has 0 fully saturated rings. The SMILES string of the molecule is CCCCCCNC(=O)Cn1c(COc2ccccc2)nc2ccccc21. The highest BCUT2D eigenvalue weighted by Crippen LogP contribution is 2.18. The highest BCUT2D eigenvalue weighted by molar-refractivity contribution is 5.81. The largest absolute Gasteiger partial charge is 0.486 e. The van der Waals surface area contributed by atoms with Crippen LogP contribution >= 0.6 is 0 Å². The molecule has 5 nitrogen and oxygen atoms in total. The minimum Gasteiger partial charge on any atom is -0.486 e. The Balaban J connectivity index is 1.68. The molecule has 0 aliphatic carbocycles. The van der Waals surface area contributed by atoms with Crippen molar-refractivity contribution < 1.29 is 9.53 Å². The van der Waals surface area contributed by atoms with Gasteiger partial charge in [0.15, 0.2) is 0 Å². The fourth-order valence-corrected chi connectivity index (χ4v) is 3.06. The van der Waals surface area contributed by atoms with E-state index >= 15 is 0 Å². The second-order valence-electron chi connectivity index (χ2n) is 6.62. The van der Waals surface area contributed by atoms with E-state index in [-0.39, 0.29) is 12.5 Å². The minimum absolute atomic E-state index is 0.00983. The van der Waals surface area contributed by atoms with Gasteiger partial charge in [0.1, 0.15) is 24.7 Å². The van der Waals surface area contributed by atoms with Crippen LogP contribution in [-0.2, 0) is 17.9 Å². The molecule has 0 atom stereocenters. The van der Waals surface area contributed by atoms with Gasteiger partial charge in [-0.05, 0) is 30.7 Å². The molecular weight excluding hydrogens is 338 g/mol. The summed E-state index contributed by atoms with van der Waals surface area (Å²) in [5.41, 5.74) is 1.82. The van der Waals surface area contributed by atoms with Crippen LogP contribution in [0.1, 0.15) is 38.4 Å². The number of nitrogens with one attached hydrogen (secondary N) is 1. The average molecular weight is 365 g/mol. The number of imidazole rings is 1. The van der Waals surface area contributed by atoms with Crippen LogP contribution in [0.2, 0.25) is 0 Å². The maximum atomic E-state index is 12.4. The second kappa shape index (κ2) is 9.76. The van der Waals surface area contributed by atoms with Crippen LogP contribution in [0.3, 0.4) is 0 Å². The molecule has 0 saturated carbocycles. The van der Waals surface area contributed by atoms with E-state index in [0.717, 1.165) is 42.0 Å². The average Bonchev–Trinajstić information content (AvgIpc) is 3.04. The first-order valence-corrected chi connectivity index (χ1v) is 9.66. The zero-order chi connectivity index (χ0) is 18.9. The molecule has 1 aromatic heterocycles. The van der Waals surface area contributed by atoms with Crippen LogP contribution in [0.5, 0.6) is 5.75 Å². The van der Waals surface area contributed by atoms with Gasteiger partial charge in [0, 0.05) is 6.54 Å². The molecule has 0 bridgehead atoms. The number of hydrogen-bond acceptors (Lipinski definition) is 3. The first-order valence-electron chi connectivity index (χ1n) is 9.66. The maximum absolute atomic E-state index is 12.4. The van der Waals surface area contributed by atoms with Crippen molar-refractivity contribution in [1.29, 1.82) is 0 Å². The topological polar surface area (TPSA) is 56.2 Å². The fraction of sp³-hybridized carbons (Fsp3) is 0.364. The molecule has 0 saturated heterocycles. The van der Waals surface area contributed by atoms with Gasteiger partial charge in [0.05, 0.1) is 11.0 Å². The zero-order valence-electron chi connectivity index (χ0n) is 15.9. The van der Waals surface area contributed by atoms with E-state index in [9.17, 15) is 4.79 Å². The van der Waals surface area contributed by atoms with Crippen LogP contribution in [0.15, 0.2) is 54.6 Å². The number of nitrogens with zero attached hydrogens (tertiary/aromatic N) is 2. The Morgan fingerprint density at radius 1 is 1.04 bits per heavy atom. The summed E-state index contributed by atoms with van der Waals surface area (Å²) in [5.74, 6) is 1.55. The Labute approximate surface area is 160 Å². The standard InChI is InChI=1S/C22H27N3O2/c1-2-3-4-10-15-23-22(26)16-25-20-14-9-8-13-19(20)24-21(25)17-27-18-11-6-5-7-12-18/h5-9,11-14H,2-4,10,15-17H2,1H3,(H,23,26). The first-order chi connectivity index (χ1) is 13.3. The van der Waals surface area contributed by atoms with Crippen molar-refractivity contribution in [1.82, 2.24) is 14.9 Å². The molecule has 1 N–H and O–H groups in total. The fourth-order valence-electron chi connectivity index (χ4n) is 3.06. The van der Waals surface area contributed by atoms with Crippen LogP contribution in [-0.4, -0.2) is 22.0 Å². The number of carbonyl (C=O) groups excluding carboxylic acids is 1. The number of amides is 1. The number of unbranched alkanes of at least 4 members (excludes halogenated alkanes) is 3. The number of para-hydroxylation sites is 3. The highest BCUT2D eigenvalue weighted by Gasteiger charge is 2.14. The lowest BCUT2D eigenvalue weighted by Crippen LogP contribution is -2.29. The summed E-state index contributed by atoms with van der Waals surface area (Å²) in [6, 6.07) is 17.5. The first kappa shape index (κ1) is 19.0. The summed E-state index contributed by atoms with van der Waals surface area (Å²) in [5, 5.41) is 3.02. The van der Waals surface area contributed by atoms with Crippen molar-refractivity contribution in [3.63, 3.8) is 0 Å². The van der Waals surface area contributed by atoms with Gasteiger partial charge in [-0.3, -0.25) is 4.79 Å². The number of aromatic nitrogens is 2. The minimum atomic E-state index is 0.00983. The van der Waals surface area contributed by atoms with Crippen LogP contribution in [0.4, 0.5) is 0 Å². The molecule has 0 aliphatic rings. The van der Waals surface area contributed by atoms with Crippen molar-refractivity contribution in [3.05, 3.63) is 60.4 Å². The number of rotatable bonds is 10. The quantitative estimate of drug-likeness (QED) is 0.545. The van der Waals surface area contributed by atoms with Gasteiger partial charge in [0.2, 0.25) is 5.91 Å². The summed E-state index contributed by atoms with van der Waals surface area (Å²) in [6.45, 7) is 3.48. The van der Waals surface area contributed by atoms with Gasteiger partial charge in [0.25, 0.3) is 0 Å². The van der Waals surface area contributed by atoms with E-state index in [4.69, 9.17) is 4.74 Å². The molecule has 5 heteroatoms. The van der Waals surface area contributed by atoms with Gasteiger partial charge in [-0.15, -0.1) is 0 Å². The van der Waals surface area contributed by atoms with E-state index in [1.807, 2.05) is 59.2 Å². The number of carbonyl (C=O) groups is 1. The lowest BCUT2D eigenvalue weighted by molar-refractivity contribution is -0.121. The van der Waals surface area contributed by atoms with Crippen LogP contribution in [0.25, 0.3) is 11.0 Å². The maximum Gasteiger partial charge on any atom is 0.240 e. The predicted molar refractivity (Wildman–Crippen MR) is 108 cm³/mol. The summed E-state index contributed by atoms with van der Waals surface area (Å²) in [7, 11) is 0. The molecule has 1 heterocycles. The van der Waals surface area contributed by atoms with E-state index in [2.05, 4.69) is 17.2 Å². The molecule has 27 heavy (non-hydrogen) atoms. The molecule has 3 rings (SSSR count). The van der Waals surface area contributed by atoms with Crippen molar-refractivity contribution in [3.8, 4) is 5.75 Å². The molecule has 2 aromatic carbocycles. The van der Waals surface area contributed by atoms with Crippen LogP contribution < -0.4 is 10.1 Å². The third-order valence-corrected chi connectivity index (χ3v) is 4.50. The Hall–Kier alpha value is -2.82. The predicted octanol–water partition coefficient (Wildman–Crippen LogP) is 4.31. The molecule has 0 unspecified atom stereocenters. The van der Waals surface area contributed by atoms with Crippen molar-refractivity contribution >= 4 is 16.9 Å². The van der Waals surface area contributed by atoms with E-state index in [1.165, 1.54) is 12.8 Å². The van der Waals surface area contributed by atoms with Gasteiger partial charge < -0.3 is 14.6 Å². The zero-order valence-corrected chi connectivity index (χ0v) is 15.9. The molecule has 0 aliphatic heterocycles. The summed E-state index contributed by atoms with van der Waals surface area (Å²) >= 11 is 0. The van der Waals surface area contributed by atoms with Crippen molar-refractivity contribution in [2.24, 2.45) is 0 Å². The van der Waals surface area contributed by atoms with Gasteiger partial charge >= 0.3 is 0 Å². The lowest BCUT2D eigenvalue weighted by Gasteiger charge is -2.11. The Morgan fingerprint density at radius 3 is 2.63 bits per heavy atom. The van der Waals surface area contributed by atoms with Crippen molar-refractivity contribution in [2.45, 2.75) is 45.8 Å². The van der Waals surface area contributed by atoms with Gasteiger partial charge in [-0.2, -0.15) is 0 Å². The smallest absolute Gasteiger partial charge is 0.240 e. The summed E-state index contributed by atoms with van der Waals surface area (Å²) in [6.07, 6.45) is 4.58. The Bertz CT molecular complexity index is 858. The molecule has 0 spiro atoms. The number of ether oxygens (including phenoxy) is 1. The third kappa shape index (κ3) is 5.33. The van der Waals surface area contributed by atoms with Gasteiger partial charge in [-0.25, -0.2) is 4.98 Å². The second-order valence-corrected chi connectivity index (χ2v) is 6.62. The molecule has 1 amide bonds. The third-order valence-electron chi connectivity index (χ3n) is 4.50. The van der Waals surface area contributed by atoms with Crippen molar-refractivity contribution in [2.75, 3.05) is 6.54 Å². The number of fused-ring (bicyclic) bond motifs is 1. The van der Waals surface area contributed by atoms with E-state index in [1.54, 1.807) is 0 Å². The van der Waals surface area contributed by atoms with Crippen LogP contribution in [0, 0.1) is 0 Å². The Kier molecular flexibility index (Phi) is 6.85. The molecule has 0 radical (unpaired) electrons. The monoisotopic (exact) mass is 365 g/mol. The number of benzene rings is 2. The normalized spacial score (nSPS) is 10.9. The summed E-state index contributed by atoms with van der Waals surface area (Å²) < 4.78 is 7.80. The molecule has 142 valence electrons. The molecule has 3 aromatic rings. The number of hydrogen-bond donors (Lipinski definition) is 1. The van der Waals surface area contributed by atoms with E-state index < -0.39 is 0 Å². The van der Waals surface area contributed by atoms with Gasteiger partial charge in [-0.1, -0.05) is 56.5 Å². The molecular formula is C22H27N3O2.